The van der Waals surface area contributed by atoms with Crippen molar-refractivity contribution < 1.29 is 5.11 Å². The maximum atomic E-state index is 8.67. The average Bonchev–Trinajstić information content (AvgIpc) is 2.05. The Morgan fingerprint density at radius 1 is 1.38 bits per heavy atom. The fourth-order valence-electron chi connectivity index (χ4n) is 1.38. The highest BCUT2D eigenvalue weighted by Crippen LogP contribution is 1.97. The molecule has 0 aliphatic carbocycles. The predicted octanol–water partition coefficient (Wildman–Crippen LogP) is 0.818. The van der Waals surface area contributed by atoms with Gasteiger partial charge in [-0.25, -0.2) is 0 Å². The summed E-state index contributed by atoms with van der Waals surface area (Å²) in [6.07, 6.45) is 4.51. The van der Waals surface area contributed by atoms with Gasteiger partial charge < -0.3 is 15.7 Å². The van der Waals surface area contributed by atoms with Crippen LogP contribution in [0.1, 0.15) is 32.6 Å². The fourth-order valence-corrected chi connectivity index (χ4v) is 1.38. The van der Waals surface area contributed by atoms with E-state index >= 15 is 0 Å². The molecule has 0 amide bonds. The van der Waals surface area contributed by atoms with Crippen molar-refractivity contribution in [1.82, 2.24) is 4.90 Å². The van der Waals surface area contributed by atoms with Gasteiger partial charge in [-0.1, -0.05) is 19.8 Å². The number of likely N-dealkylation sites (N-methyl/N-ethyl adjacent to an activating group) is 1. The van der Waals surface area contributed by atoms with Gasteiger partial charge in [0.25, 0.3) is 0 Å². The molecule has 0 heterocycles. The molecule has 13 heavy (non-hydrogen) atoms. The topological polar surface area (TPSA) is 49.5 Å². The number of aliphatic hydroxyl groups is 1. The van der Waals surface area contributed by atoms with Crippen molar-refractivity contribution in [3.63, 3.8) is 0 Å². The number of hydrogen-bond acceptors (Lipinski definition) is 3. The molecule has 0 rings (SSSR count). The van der Waals surface area contributed by atoms with Crippen LogP contribution >= 0.6 is 0 Å². The van der Waals surface area contributed by atoms with E-state index in [1.807, 2.05) is 0 Å². The quantitative estimate of drug-likeness (QED) is 0.554. The molecule has 0 saturated heterocycles. The Morgan fingerprint density at radius 2 is 2.08 bits per heavy atom. The molecule has 0 radical (unpaired) electrons. The fraction of sp³-hybridized carbons (Fsp3) is 1.00. The van der Waals surface area contributed by atoms with Crippen molar-refractivity contribution in [3.05, 3.63) is 0 Å². The summed E-state index contributed by atoms with van der Waals surface area (Å²) in [4.78, 5) is 2.25. The van der Waals surface area contributed by atoms with E-state index in [9.17, 15) is 0 Å². The smallest absolute Gasteiger partial charge is 0.0446 e. The van der Waals surface area contributed by atoms with Crippen molar-refractivity contribution in [1.29, 1.82) is 0 Å². The van der Waals surface area contributed by atoms with E-state index in [-0.39, 0.29) is 12.6 Å². The van der Waals surface area contributed by atoms with Crippen LogP contribution in [-0.2, 0) is 0 Å². The Labute approximate surface area is 81.9 Å². The van der Waals surface area contributed by atoms with Crippen LogP contribution in [0, 0.1) is 0 Å². The largest absolute Gasteiger partial charge is 0.396 e. The van der Waals surface area contributed by atoms with Gasteiger partial charge in [-0.05, 0) is 26.4 Å². The van der Waals surface area contributed by atoms with Crippen LogP contribution in [0.25, 0.3) is 0 Å². The van der Waals surface area contributed by atoms with E-state index in [4.69, 9.17) is 10.8 Å². The molecule has 0 aromatic rings. The molecule has 0 aliphatic heterocycles. The molecule has 0 aromatic carbocycles. The van der Waals surface area contributed by atoms with Crippen molar-refractivity contribution in [2.24, 2.45) is 5.73 Å². The summed E-state index contributed by atoms with van der Waals surface area (Å²) >= 11 is 0. The lowest BCUT2D eigenvalue weighted by molar-refractivity contribution is 0.245. The Bertz CT molecular complexity index is 109. The van der Waals surface area contributed by atoms with E-state index < -0.39 is 0 Å². The number of hydrogen-bond donors (Lipinski definition) is 2. The molecular formula is C10H24N2O. The highest BCUT2D eigenvalue weighted by Gasteiger charge is 2.05. The van der Waals surface area contributed by atoms with E-state index in [2.05, 4.69) is 18.9 Å². The third-order valence-electron chi connectivity index (χ3n) is 2.19. The summed E-state index contributed by atoms with van der Waals surface area (Å²) < 4.78 is 0. The minimum Gasteiger partial charge on any atom is -0.396 e. The summed E-state index contributed by atoms with van der Waals surface area (Å²) in [5.41, 5.74) is 5.79. The van der Waals surface area contributed by atoms with E-state index in [0.717, 1.165) is 13.1 Å². The van der Waals surface area contributed by atoms with Crippen LogP contribution in [0.15, 0.2) is 0 Å². The highest BCUT2D eigenvalue weighted by molar-refractivity contribution is 4.65. The van der Waals surface area contributed by atoms with Crippen LogP contribution < -0.4 is 5.73 Å². The normalized spacial score (nSPS) is 13.6. The zero-order valence-corrected chi connectivity index (χ0v) is 9.00. The SMILES string of the molecule is CCCCCN(C)CC(N)CCO. The van der Waals surface area contributed by atoms with E-state index in [1.165, 1.54) is 19.3 Å². The molecule has 0 saturated carbocycles. The molecule has 3 nitrogen and oxygen atoms in total. The third-order valence-corrected chi connectivity index (χ3v) is 2.19. The monoisotopic (exact) mass is 188 g/mol. The second-order valence-electron chi connectivity index (χ2n) is 3.74. The first kappa shape index (κ1) is 12.9. The van der Waals surface area contributed by atoms with Gasteiger partial charge in [0.2, 0.25) is 0 Å². The Balaban J connectivity index is 3.32. The predicted molar refractivity (Wildman–Crippen MR) is 56.7 cm³/mol. The van der Waals surface area contributed by atoms with Gasteiger partial charge in [0.15, 0.2) is 0 Å². The molecule has 0 aliphatic rings. The second-order valence-corrected chi connectivity index (χ2v) is 3.74. The lowest BCUT2D eigenvalue weighted by Gasteiger charge is -2.20. The van der Waals surface area contributed by atoms with Crippen molar-refractivity contribution in [3.8, 4) is 0 Å². The molecule has 1 unspecified atom stereocenters. The number of nitrogens with zero attached hydrogens (tertiary/aromatic N) is 1. The average molecular weight is 188 g/mol. The lowest BCUT2D eigenvalue weighted by atomic mass is 10.2. The van der Waals surface area contributed by atoms with Crippen LogP contribution in [0.4, 0.5) is 0 Å². The molecule has 0 aromatic heterocycles. The molecule has 0 fully saturated rings. The summed E-state index contributed by atoms with van der Waals surface area (Å²) in [7, 11) is 2.09. The van der Waals surface area contributed by atoms with Gasteiger partial charge in [-0.15, -0.1) is 0 Å². The van der Waals surface area contributed by atoms with E-state index in [0.29, 0.717) is 6.42 Å². The molecule has 3 N–H and O–H groups in total. The molecular weight excluding hydrogens is 164 g/mol. The minimum atomic E-state index is 0.122. The Morgan fingerprint density at radius 3 is 2.62 bits per heavy atom. The zero-order valence-electron chi connectivity index (χ0n) is 9.00. The van der Waals surface area contributed by atoms with Gasteiger partial charge in [0.1, 0.15) is 0 Å². The Kier molecular flexibility index (Phi) is 8.40. The number of nitrogens with two attached hydrogens (primary N) is 1. The molecule has 1 atom stereocenters. The summed E-state index contributed by atoms with van der Waals surface area (Å²) in [6, 6.07) is 0.122. The highest BCUT2D eigenvalue weighted by atomic mass is 16.3. The first-order valence-electron chi connectivity index (χ1n) is 5.25. The summed E-state index contributed by atoms with van der Waals surface area (Å²) in [6.45, 7) is 4.42. The standard InChI is InChI=1S/C10H24N2O/c1-3-4-5-7-12(2)9-10(11)6-8-13/h10,13H,3-9,11H2,1-2H3. The molecule has 0 bridgehead atoms. The van der Waals surface area contributed by atoms with Gasteiger partial charge in [0, 0.05) is 19.2 Å². The molecule has 3 heteroatoms. The molecule has 80 valence electrons. The van der Waals surface area contributed by atoms with Gasteiger partial charge in [-0.3, -0.25) is 0 Å². The van der Waals surface area contributed by atoms with Gasteiger partial charge in [0.05, 0.1) is 0 Å². The van der Waals surface area contributed by atoms with Crippen LogP contribution in [0.2, 0.25) is 0 Å². The number of rotatable bonds is 8. The summed E-state index contributed by atoms with van der Waals surface area (Å²) in [5, 5.41) is 8.67. The number of aliphatic hydroxyl groups excluding tert-OH is 1. The lowest BCUT2D eigenvalue weighted by Crippen LogP contribution is -2.36. The maximum Gasteiger partial charge on any atom is 0.0446 e. The minimum absolute atomic E-state index is 0.122. The molecule has 0 spiro atoms. The summed E-state index contributed by atoms with van der Waals surface area (Å²) in [5.74, 6) is 0. The van der Waals surface area contributed by atoms with E-state index in [1.54, 1.807) is 0 Å². The first-order chi connectivity index (χ1) is 6.20. The van der Waals surface area contributed by atoms with Crippen LogP contribution in [0.5, 0.6) is 0 Å². The van der Waals surface area contributed by atoms with Crippen molar-refractivity contribution in [2.45, 2.75) is 38.6 Å². The second kappa shape index (κ2) is 8.48. The maximum absolute atomic E-state index is 8.67. The van der Waals surface area contributed by atoms with Crippen LogP contribution in [0.3, 0.4) is 0 Å². The number of unbranched alkanes of at least 4 members (excludes halogenated alkanes) is 2. The van der Waals surface area contributed by atoms with Crippen LogP contribution in [-0.4, -0.2) is 42.8 Å². The van der Waals surface area contributed by atoms with Gasteiger partial charge in [-0.2, -0.15) is 0 Å². The van der Waals surface area contributed by atoms with Crippen molar-refractivity contribution in [2.75, 3.05) is 26.7 Å². The van der Waals surface area contributed by atoms with Gasteiger partial charge >= 0.3 is 0 Å². The third kappa shape index (κ3) is 8.22. The van der Waals surface area contributed by atoms with Crippen molar-refractivity contribution >= 4 is 0 Å². The zero-order chi connectivity index (χ0) is 10.1. The Hall–Kier alpha value is -0.120. The first-order valence-corrected chi connectivity index (χ1v) is 5.25.